The van der Waals surface area contributed by atoms with E-state index in [1.54, 1.807) is 48.5 Å². The van der Waals surface area contributed by atoms with Gasteiger partial charge in [0.15, 0.2) is 17.5 Å². The molecule has 0 bridgehead atoms. The number of nitrogens with two attached hydrogens (primary N) is 1. The van der Waals surface area contributed by atoms with Crippen molar-refractivity contribution in [3.05, 3.63) is 11.1 Å². The average Bonchev–Trinajstić information content (AvgIpc) is 3.36. The number of hydroxylamine groups is 2. The third kappa shape index (κ3) is 10.4. The molecular formula is C27H39N5O12S. The number of esters is 4. The number of nitrogens with one attached hydrogen (secondary N) is 1. The number of ether oxygens (including phenoxy) is 4. The Bertz CT molecular complexity index is 1330. The van der Waals surface area contributed by atoms with Gasteiger partial charge in [-0.3, -0.25) is 24.0 Å². The van der Waals surface area contributed by atoms with Crippen molar-refractivity contribution in [1.82, 2.24) is 15.4 Å². The molecule has 0 saturated carbocycles. The first-order valence-corrected chi connectivity index (χ1v) is 14.4. The first-order valence-electron chi connectivity index (χ1n) is 13.6. The zero-order valence-electron chi connectivity index (χ0n) is 26.6. The van der Waals surface area contributed by atoms with Crippen molar-refractivity contribution in [2.45, 2.75) is 80.0 Å². The zero-order valence-corrected chi connectivity index (χ0v) is 27.4. The monoisotopic (exact) mass is 657 g/mol. The number of rotatable bonds is 13. The van der Waals surface area contributed by atoms with Gasteiger partial charge in [0.1, 0.15) is 11.7 Å². The largest absolute Gasteiger partial charge is 0.427 e. The van der Waals surface area contributed by atoms with Crippen molar-refractivity contribution in [2.75, 3.05) is 25.9 Å². The molecule has 1 fully saturated rings. The molecule has 0 aliphatic carbocycles. The first kappa shape index (κ1) is 36.9. The van der Waals surface area contributed by atoms with Crippen molar-refractivity contribution in [3.63, 3.8) is 0 Å². The minimum atomic E-state index is -1.74. The minimum absolute atomic E-state index is 0.000660. The number of hydrogen-bond acceptors (Lipinski definition) is 16. The molecule has 0 aromatic carbocycles. The Morgan fingerprint density at radius 2 is 1.47 bits per heavy atom. The van der Waals surface area contributed by atoms with Gasteiger partial charge in [-0.05, 0) is 62.3 Å². The molecule has 1 aromatic rings. The lowest BCUT2D eigenvalue weighted by Crippen LogP contribution is -2.70. The molecule has 1 saturated heterocycles. The van der Waals surface area contributed by atoms with Crippen LogP contribution in [0.4, 0.5) is 5.13 Å². The highest BCUT2D eigenvalue weighted by Crippen LogP contribution is 2.22. The van der Waals surface area contributed by atoms with Crippen LogP contribution in [0.1, 0.15) is 68.0 Å². The molecule has 0 radical (unpaired) electrons. The number of amides is 2. The molecule has 2 atom stereocenters. The van der Waals surface area contributed by atoms with Gasteiger partial charge in [0, 0.05) is 5.38 Å². The van der Waals surface area contributed by atoms with Crippen molar-refractivity contribution in [3.8, 4) is 0 Å². The minimum Gasteiger partial charge on any atom is -0.427 e. The van der Waals surface area contributed by atoms with E-state index in [1.807, 2.05) is 0 Å². The average molecular weight is 658 g/mol. The molecule has 17 nitrogen and oxygen atoms in total. The standard InChI is InChI=1S/C27H39N5O12S/c1-14-17(20(35)32(14)43-10-16(33)39-12-40-21(36)25(2,3)4)30-19(34)18(15-11-45-24(28)29-15)31-44-27(8,9)23(38)42-13-41-22(37)26(5,6)7/h11,14,17H,10,12-13H2,1-9H3,(H2,28,29)(H,30,34)/b31-18-/t14-,17-/m0/s1. The van der Waals surface area contributed by atoms with E-state index in [2.05, 4.69) is 15.5 Å². The second-order valence-electron chi connectivity index (χ2n) is 12.3. The summed E-state index contributed by atoms with van der Waals surface area (Å²) in [5.74, 6) is -4.59. The SMILES string of the molecule is C[C@H]1[C@H](NC(=O)/C(=N\OC(C)(C)C(=O)OCOC(=O)C(C)(C)C)c2csc(N)n2)C(=O)N1OCC(=O)OCOC(=O)C(C)(C)C. The molecular weight excluding hydrogens is 618 g/mol. The molecule has 3 N–H and O–H groups in total. The van der Waals surface area contributed by atoms with E-state index >= 15 is 0 Å². The van der Waals surface area contributed by atoms with Crippen LogP contribution in [0, 0.1) is 10.8 Å². The summed E-state index contributed by atoms with van der Waals surface area (Å²) in [5, 5.41) is 8.69. The smallest absolute Gasteiger partial charge is 0.355 e. The maximum atomic E-state index is 13.2. The van der Waals surface area contributed by atoms with Crippen LogP contribution in [0.25, 0.3) is 0 Å². The van der Waals surface area contributed by atoms with Crippen LogP contribution in [0.3, 0.4) is 0 Å². The van der Waals surface area contributed by atoms with Crippen molar-refractivity contribution >= 4 is 57.9 Å². The number of thiazole rings is 1. The predicted octanol–water partition coefficient (Wildman–Crippen LogP) is 1.05. The van der Waals surface area contributed by atoms with Crippen LogP contribution < -0.4 is 11.1 Å². The first-order chi connectivity index (χ1) is 20.6. The molecule has 45 heavy (non-hydrogen) atoms. The van der Waals surface area contributed by atoms with Crippen LogP contribution in [0.15, 0.2) is 10.5 Å². The molecule has 2 amide bonds. The van der Waals surface area contributed by atoms with E-state index in [0.29, 0.717) is 0 Å². The second kappa shape index (κ2) is 14.6. The third-order valence-electron chi connectivity index (χ3n) is 5.79. The maximum absolute atomic E-state index is 13.2. The fourth-order valence-electron chi connectivity index (χ4n) is 3.02. The topological polar surface area (TPSA) is 224 Å². The molecule has 0 unspecified atom stereocenters. The number of anilines is 1. The molecule has 0 spiro atoms. The Morgan fingerprint density at radius 3 is 1.96 bits per heavy atom. The number of β-lactam (4-membered cyclic amide) rings is 1. The quantitative estimate of drug-likeness (QED) is 0.0995. The highest BCUT2D eigenvalue weighted by Gasteiger charge is 2.48. The number of hydrogen-bond donors (Lipinski definition) is 2. The fourth-order valence-corrected chi connectivity index (χ4v) is 3.57. The Balaban J connectivity index is 1.98. The highest BCUT2D eigenvalue weighted by atomic mass is 32.1. The van der Waals surface area contributed by atoms with E-state index < -0.39 is 90.1 Å². The predicted molar refractivity (Wildman–Crippen MR) is 155 cm³/mol. The number of nitrogens with zero attached hydrogens (tertiary/aromatic N) is 3. The summed E-state index contributed by atoms with van der Waals surface area (Å²) in [6.07, 6.45) is 0. The summed E-state index contributed by atoms with van der Waals surface area (Å²) in [6, 6.07) is -1.81. The lowest BCUT2D eigenvalue weighted by molar-refractivity contribution is -0.236. The van der Waals surface area contributed by atoms with E-state index in [1.165, 1.54) is 19.2 Å². The summed E-state index contributed by atoms with van der Waals surface area (Å²) in [5.41, 5.74) is 1.96. The Labute approximate surface area is 263 Å². The van der Waals surface area contributed by atoms with Gasteiger partial charge >= 0.3 is 23.9 Å². The molecule has 18 heteroatoms. The number of carbonyl (C=O) groups excluding carboxylic acids is 6. The highest BCUT2D eigenvalue weighted by molar-refractivity contribution is 7.13. The summed E-state index contributed by atoms with van der Waals surface area (Å²) < 4.78 is 19.5. The van der Waals surface area contributed by atoms with Gasteiger partial charge in [0.05, 0.1) is 16.9 Å². The van der Waals surface area contributed by atoms with E-state index in [4.69, 9.17) is 34.4 Å². The fraction of sp³-hybridized carbons (Fsp3) is 0.630. The van der Waals surface area contributed by atoms with E-state index in [0.717, 1.165) is 16.4 Å². The van der Waals surface area contributed by atoms with Crippen LogP contribution in [-0.2, 0) is 57.4 Å². The molecule has 1 aliphatic heterocycles. The van der Waals surface area contributed by atoms with E-state index in [-0.39, 0.29) is 10.8 Å². The molecule has 1 aromatic heterocycles. The number of oxime groups is 1. The van der Waals surface area contributed by atoms with Crippen LogP contribution in [0.2, 0.25) is 0 Å². The number of nitrogen functional groups attached to an aromatic ring is 1. The Hall–Kier alpha value is -4.32. The lowest BCUT2D eigenvalue weighted by atomic mass is 9.97. The summed E-state index contributed by atoms with van der Waals surface area (Å²) in [6.45, 7) is 12.0. The normalized spacial score (nSPS) is 17.1. The van der Waals surface area contributed by atoms with E-state index in [9.17, 15) is 28.8 Å². The number of aromatic nitrogens is 1. The van der Waals surface area contributed by atoms with Crippen LogP contribution >= 0.6 is 11.3 Å². The van der Waals surface area contributed by atoms with Gasteiger partial charge in [-0.15, -0.1) is 11.3 Å². The van der Waals surface area contributed by atoms with Gasteiger partial charge < -0.3 is 34.8 Å². The van der Waals surface area contributed by atoms with Crippen LogP contribution in [-0.4, -0.2) is 89.3 Å². The van der Waals surface area contributed by atoms with Gasteiger partial charge in [0.2, 0.25) is 19.2 Å². The molecule has 2 rings (SSSR count). The van der Waals surface area contributed by atoms with Crippen molar-refractivity contribution in [2.24, 2.45) is 16.0 Å². The molecule has 2 heterocycles. The zero-order chi connectivity index (χ0) is 34.3. The Morgan fingerprint density at radius 1 is 0.933 bits per heavy atom. The van der Waals surface area contributed by atoms with Crippen molar-refractivity contribution in [1.29, 1.82) is 0 Å². The van der Waals surface area contributed by atoms with Gasteiger partial charge in [0.25, 0.3) is 11.8 Å². The number of carbonyl (C=O) groups is 6. The Kier molecular flexibility index (Phi) is 12.0. The van der Waals surface area contributed by atoms with Crippen LogP contribution in [0.5, 0.6) is 0 Å². The summed E-state index contributed by atoms with van der Waals surface area (Å²) >= 11 is 1.01. The van der Waals surface area contributed by atoms with Gasteiger partial charge in [-0.1, -0.05) is 5.16 Å². The third-order valence-corrected chi connectivity index (χ3v) is 6.47. The van der Waals surface area contributed by atoms with Gasteiger partial charge in [-0.25, -0.2) is 19.6 Å². The maximum Gasteiger partial charge on any atom is 0.355 e. The van der Waals surface area contributed by atoms with Gasteiger partial charge in [-0.2, -0.15) is 0 Å². The lowest BCUT2D eigenvalue weighted by Gasteiger charge is -2.43. The second-order valence-corrected chi connectivity index (χ2v) is 13.2. The summed E-state index contributed by atoms with van der Waals surface area (Å²) in [7, 11) is 0. The van der Waals surface area contributed by atoms with Crippen molar-refractivity contribution < 1.29 is 57.4 Å². The summed E-state index contributed by atoms with van der Waals surface area (Å²) in [4.78, 5) is 88.5. The molecule has 250 valence electrons. The molecule has 1 aliphatic rings.